The lowest BCUT2D eigenvalue weighted by Crippen LogP contribution is -2.08. The van der Waals surface area contributed by atoms with Crippen LogP contribution in [0.5, 0.6) is 5.75 Å². The zero-order chi connectivity index (χ0) is 16.5. The fourth-order valence-corrected chi connectivity index (χ4v) is 2.24. The quantitative estimate of drug-likeness (QED) is 0.685. The molecule has 0 unspecified atom stereocenters. The number of carbonyl (C=O) groups excluding carboxylic acids is 1. The van der Waals surface area contributed by atoms with Gasteiger partial charge in [0.25, 0.3) is 0 Å². The highest BCUT2D eigenvalue weighted by molar-refractivity contribution is 5.96. The number of allylic oxidation sites excluding steroid dienone is 1. The summed E-state index contributed by atoms with van der Waals surface area (Å²) < 4.78 is 10.8. The standard InChI is InChI=1S/C20H22O3/c1-3-4-6-12-17-13-9-14-18(19(17)20(21)22-2)23-15-16-10-7-5-8-11-16/h5-14H,3-4,15H2,1-2H3. The van der Waals surface area contributed by atoms with Gasteiger partial charge in [-0.15, -0.1) is 0 Å². The predicted molar refractivity (Wildman–Crippen MR) is 92.5 cm³/mol. The van der Waals surface area contributed by atoms with Crippen LogP contribution in [0.3, 0.4) is 0 Å². The summed E-state index contributed by atoms with van der Waals surface area (Å²) in [5.41, 5.74) is 2.34. The Hall–Kier alpha value is -2.55. The van der Waals surface area contributed by atoms with Gasteiger partial charge < -0.3 is 9.47 Å². The van der Waals surface area contributed by atoms with E-state index in [1.54, 1.807) is 6.07 Å². The van der Waals surface area contributed by atoms with E-state index in [1.807, 2.05) is 48.5 Å². The van der Waals surface area contributed by atoms with E-state index in [-0.39, 0.29) is 5.97 Å². The molecule has 23 heavy (non-hydrogen) atoms. The van der Waals surface area contributed by atoms with Crippen molar-refractivity contribution in [1.82, 2.24) is 0 Å². The van der Waals surface area contributed by atoms with E-state index < -0.39 is 0 Å². The Balaban J connectivity index is 2.26. The molecule has 3 heteroatoms. The maximum atomic E-state index is 12.2. The second-order valence-corrected chi connectivity index (χ2v) is 5.18. The van der Waals surface area contributed by atoms with Crippen LogP contribution in [0.25, 0.3) is 6.08 Å². The molecule has 0 aliphatic rings. The fraction of sp³-hybridized carbons (Fsp3) is 0.250. The lowest BCUT2D eigenvalue weighted by Gasteiger charge is -2.12. The normalized spacial score (nSPS) is 10.7. The number of benzene rings is 2. The van der Waals surface area contributed by atoms with E-state index in [1.165, 1.54) is 7.11 Å². The Bertz CT molecular complexity index is 660. The predicted octanol–water partition coefficient (Wildman–Crippen LogP) is 4.87. The highest BCUT2D eigenvalue weighted by Crippen LogP contribution is 2.25. The molecule has 2 rings (SSSR count). The van der Waals surface area contributed by atoms with Crippen LogP contribution in [-0.2, 0) is 11.3 Å². The molecule has 0 aliphatic carbocycles. The molecular formula is C20H22O3. The number of unbranched alkanes of at least 4 members (excludes halogenated alkanes) is 1. The van der Waals surface area contributed by atoms with Crippen molar-refractivity contribution >= 4 is 12.0 Å². The molecule has 2 aromatic rings. The Morgan fingerprint density at radius 1 is 1.09 bits per heavy atom. The van der Waals surface area contributed by atoms with Crippen molar-refractivity contribution < 1.29 is 14.3 Å². The third-order valence-corrected chi connectivity index (χ3v) is 3.44. The van der Waals surface area contributed by atoms with Crippen molar-refractivity contribution in [3.05, 3.63) is 71.3 Å². The summed E-state index contributed by atoms with van der Waals surface area (Å²) >= 11 is 0. The van der Waals surface area contributed by atoms with Crippen molar-refractivity contribution in [2.45, 2.75) is 26.4 Å². The average Bonchev–Trinajstić information content (AvgIpc) is 2.60. The molecule has 0 spiro atoms. The molecule has 0 saturated carbocycles. The summed E-state index contributed by atoms with van der Waals surface area (Å²) in [6.07, 6.45) is 6.04. The van der Waals surface area contributed by atoms with Gasteiger partial charge >= 0.3 is 5.97 Å². The molecule has 120 valence electrons. The van der Waals surface area contributed by atoms with Gasteiger partial charge in [0.2, 0.25) is 0 Å². The third kappa shape index (κ3) is 4.71. The average molecular weight is 310 g/mol. The molecule has 0 heterocycles. The van der Waals surface area contributed by atoms with E-state index in [0.717, 1.165) is 24.0 Å². The number of methoxy groups -OCH3 is 1. The maximum Gasteiger partial charge on any atom is 0.342 e. The molecule has 0 fully saturated rings. The Kier molecular flexibility index (Phi) is 6.42. The first-order valence-corrected chi connectivity index (χ1v) is 7.80. The highest BCUT2D eigenvalue weighted by atomic mass is 16.5. The monoisotopic (exact) mass is 310 g/mol. The van der Waals surface area contributed by atoms with Crippen LogP contribution < -0.4 is 4.74 Å². The number of ether oxygens (including phenoxy) is 2. The second-order valence-electron chi connectivity index (χ2n) is 5.18. The van der Waals surface area contributed by atoms with E-state index >= 15 is 0 Å². The largest absolute Gasteiger partial charge is 0.488 e. The third-order valence-electron chi connectivity index (χ3n) is 3.44. The lowest BCUT2D eigenvalue weighted by atomic mass is 10.1. The number of rotatable bonds is 7. The Morgan fingerprint density at radius 2 is 1.87 bits per heavy atom. The summed E-state index contributed by atoms with van der Waals surface area (Å²) in [7, 11) is 1.38. The molecule has 0 aliphatic heterocycles. The highest BCUT2D eigenvalue weighted by Gasteiger charge is 2.17. The van der Waals surface area contributed by atoms with Gasteiger partial charge in [-0.05, 0) is 23.6 Å². The topological polar surface area (TPSA) is 35.5 Å². The number of carbonyl (C=O) groups is 1. The van der Waals surface area contributed by atoms with Crippen LogP contribution in [0, 0.1) is 0 Å². The van der Waals surface area contributed by atoms with Gasteiger partial charge in [0, 0.05) is 0 Å². The zero-order valence-corrected chi connectivity index (χ0v) is 13.6. The van der Waals surface area contributed by atoms with Gasteiger partial charge in [-0.25, -0.2) is 4.79 Å². The molecule has 0 amide bonds. The molecule has 0 bridgehead atoms. The lowest BCUT2D eigenvalue weighted by molar-refractivity contribution is 0.0595. The van der Waals surface area contributed by atoms with Crippen LogP contribution in [-0.4, -0.2) is 13.1 Å². The summed E-state index contributed by atoms with van der Waals surface area (Å²) in [6.45, 7) is 2.53. The second kappa shape index (κ2) is 8.79. The molecule has 2 aromatic carbocycles. The Morgan fingerprint density at radius 3 is 2.57 bits per heavy atom. The van der Waals surface area contributed by atoms with Crippen LogP contribution in [0.1, 0.15) is 41.3 Å². The van der Waals surface area contributed by atoms with E-state index in [0.29, 0.717) is 17.9 Å². The molecule has 3 nitrogen and oxygen atoms in total. The van der Waals surface area contributed by atoms with Crippen molar-refractivity contribution in [3.8, 4) is 5.75 Å². The minimum Gasteiger partial charge on any atom is -0.488 e. The molecule has 0 radical (unpaired) electrons. The summed E-state index contributed by atoms with van der Waals surface area (Å²) in [6, 6.07) is 15.4. The molecule has 0 aromatic heterocycles. The molecular weight excluding hydrogens is 288 g/mol. The minimum absolute atomic E-state index is 0.384. The first kappa shape index (κ1) is 16.8. The van der Waals surface area contributed by atoms with Crippen molar-refractivity contribution in [1.29, 1.82) is 0 Å². The first-order valence-electron chi connectivity index (χ1n) is 7.80. The summed E-state index contributed by atoms with van der Waals surface area (Å²) in [5.74, 6) is 0.157. The van der Waals surface area contributed by atoms with E-state index in [9.17, 15) is 4.79 Å². The zero-order valence-electron chi connectivity index (χ0n) is 13.6. The fourth-order valence-electron chi connectivity index (χ4n) is 2.24. The van der Waals surface area contributed by atoms with E-state index in [2.05, 4.69) is 13.0 Å². The number of hydrogen-bond donors (Lipinski definition) is 0. The van der Waals surface area contributed by atoms with Crippen LogP contribution in [0.2, 0.25) is 0 Å². The van der Waals surface area contributed by atoms with E-state index in [4.69, 9.17) is 9.47 Å². The smallest absolute Gasteiger partial charge is 0.342 e. The van der Waals surface area contributed by atoms with Crippen molar-refractivity contribution in [3.63, 3.8) is 0 Å². The van der Waals surface area contributed by atoms with Gasteiger partial charge in [-0.3, -0.25) is 0 Å². The number of hydrogen-bond acceptors (Lipinski definition) is 3. The maximum absolute atomic E-state index is 12.2. The van der Waals surface area contributed by atoms with Crippen LogP contribution in [0.15, 0.2) is 54.6 Å². The van der Waals surface area contributed by atoms with Crippen molar-refractivity contribution in [2.24, 2.45) is 0 Å². The van der Waals surface area contributed by atoms with Gasteiger partial charge in [0.1, 0.15) is 17.9 Å². The SMILES string of the molecule is CCCC=Cc1cccc(OCc2ccccc2)c1C(=O)OC. The van der Waals surface area contributed by atoms with Crippen LogP contribution in [0.4, 0.5) is 0 Å². The van der Waals surface area contributed by atoms with Crippen LogP contribution >= 0.6 is 0 Å². The van der Waals surface area contributed by atoms with Gasteiger partial charge in [0.05, 0.1) is 7.11 Å². The van der Waals surface area contributed by atoms with Gasteiger partial charge in [0.15, 0.2) is 0 Å². The summed E-state index contributed by atoms with van der Waals surface area (Å²) in [4.78, 5) is 12.2. The molecule has 0 N–H and O–H groups in total. The molecule has 0 atom stereocenters. The molecule has 0 saturated heterocycles. The Labute approximate surface area is 137 Å². The van der Waals surface area contributed by atoms with Gasteiger partial charge in [-0.1, -0.05) is 68.0 Å². The van der Waals surface area contributed by atoms with Gasteiger partial charge in [-0.2, -0.15) is 0 Å². The number of esters is 1. The first-order chi connectivity index (χ1) is 11.3. The minimum atomic E-state index is -0.384. The summed E-state index contributed by atoms with van der Waals surface area (Å²) in [5, 5.41) is 0. The van der Waals surface area contributed by atoms with Crippen molar-refractivity contribution in [2.75, 3.05) is 7.11 Å².